The van der Waals surface area contributed by atoms with Crippen LogP contribution in [0.5, 0.6) is 0 Å². The SMILES string of the molecule is CC(C)(C)c1cc(-c2cccc3c4c5c6ccc(-c7ccc(C(F)(F)F)cc7C(F)(F)F)cc6n6c7c(-c8cc(C(C)(C)C)cc(C(C)(C)C)c8)cccc7c(c7c8ccc(-c9ccc(C(F)(F)F)cc9C(F)(F)F)cc8n(c23)c74)c56)cc(C(C)(C)C)c1. The molecule has 0 aliphatic rings. The third-order valence-electron chi connectivity index (χ3n) is 17.8. The molecule has 0 N–H and O–H groups in total. The first-order valence-electron chi connectivity index (χ1n) is 29.0. The minimum atomic E-state index is -5.19. The van der Waals surface area contributed by atoms with Crippen molar-refractivity contribution in [3.8, 4) is 44.5 Å². The van der Waals surface area contributed by atoms with E-state index in [-0.39, 0.29) is 44.9 Å². The van der Waals surface area contributed by atoms with Gasteiger partial charge in [0.2, 0.25) is 0 Å². The molecule has 13 rings (SSSR count). The van der Waals surface area contributed by atoms with Crippen LogP contribution in [0.2, 0.25) is 0 Å². The molecule has 0 atom stereocenters. The standard InChI is InChI=1S/C74H60F12N2/c1-67(2,3)43-27-39(28-44(33-43)68(4,5)6)49-15-13-17-53-61-59-52-24-20-38(48-26-22-42(72(78,79)80)36-56(48)74(84,85)86)32-58(52)88-64-50(40-29-45(69(7,8)9)34-46(30-40)70(10,11)12)16-14-18-54(64)62(66(59)88)60-51-23-19-37(31-57(51)87(63(49)53)65(60)61)47-25-21-41(71(75,76)77)35-55(47)73(81,82)83/h13-36H,1-12H3. The van der Waals surface area contributed by atoms with Gasteiger partial charge in [-0.15, -0.1) is 0 Å². The van der Waals surface area contributed by atoms with Crippen molar-refractivity contribution < 1.29 is 52.7 Å². The van der Waals surface area contributed by atoms with E-state index < -0.39 is 58.1 Å². The maximum Gasteiger partial charge on any atom is 0.417 e. The van der Waals surface area contributed by atoms with Crippen molar-refractivity contribution in [2.75, 3.05) is 0 Å². The van der Waals surface area contributed by atoms with Gasteiger partial charge in [-0.3, -0.25) is 0 Å². The van der Waals surface area contributed by atoms with Crippen molar-refractivity contribution in [1.29, 1.82) is 0 Å². The van der Waals surface area contributed by atoms with Gasteiger partial charge in [-0.2, -0.15) is 52.7 Å². The molecule has 14 heteroatoms. The highest BCUT2D eigenvalue weighted by Crippen LogP contribution is 2.56. The lowest BCUT2D eigenvalue weighted by Gasteiger charge is -2.26. The fourth-order valence-electron chi connectivity index (χ4n) is 13.3. The number of halogens is 12. The lowest BCUT2D eigenvalue weighted by atomic mass is 9.78. The molecule has 2 nitrogen and oxygen atoms in total. The number of hydrogen-bond donors (Lipinski definition) is 0. The molecule has 0 saturated heterocycles. The molecule has 0 bridgehead atoms. The molecule has 0 spiro atoms. The van der Waals surface area contributed by atoms with Crippen LogP contribution in [0.1, 0.15) is 128 Å². The van der Waals surface area contributed by atoms with Crippen LogP contribution in [0.25, 0.3) is 121 Å². The summed E-state index contributed by atoms with van der Waals surface area (Å²) >= 11 is 0. The molecule has 0 amide bonds. The predicted molar refractivity (Wildman–Crippen MR) is 332 cm³/mol. The fraction of sp³-hybridized carbons (Fsp3) is 0.270. The maximum absolute atomic E-state index is 15.2. The first-order valence-corrected chi connectivity index (χ1v) is 29.0. The number of nitrogens with zero attached hydrogens (tertiary/aromatic N) is 2. The Morgan fingerprint density at radius 2 is 0.568 bits per heavy atom. The number of aromatic nitrogens is 2. The van der Waals surface area contributed by atoms with Crippen LogP contribution >= 0.6 is 0 Å². The number of para-hydroxylation sites is 2. The Bertz CT molecular complexity index is 4670. The summed E-state index contributed by atoms with van der Waals surface area (Å²) in [6.07, 6.45) is -20.5. The molecule has 450 valence electrons. The molecule has 9 aromatic carbocycles. The zero-order chi connectivity index (χ0) is 63.4. The molecule has 0 saturated carbocycles. The van der Waals surface area contributed by atoms with E-state index in [0.717, 1.165) is 78.2 Å². The molecule has 13 aromatic rings. The van der Waals surface area contributed by atoms with Crippen molar-refractivity contribution >= 4 is 76.2 Å². The normalized spacial score (nSPS) is 13.9. The Kier molecular flexibility index (Phi) is 12.4. The van der Waals surface area contributed by atoms with Crippen LogP contribution in [0.3, 0.4) is 0 Å². The molecule has 4 heterocycles. The van der Waals surface area contributed by atoms with Gasteiger partial charge in [0.05, 0.1) is 55.4 Å². The smallest absolute Gasteiger partial charge is 0.307 e. The zero-order valence-corrected chi connectivity index (χ0v) is 50.3. The summed E-state index contributed by atoms with van der Waals surface area (Å²) in [7, 11) is 0. The largest absolute Gasteiger partial charge is 0.417 e. The van der Waals surface area contributed by atoms with E-state index in [1.54, 1.807) is 24.3 Å². The van der Waals surface area contributed by atoms with E-state index in [2.05, 4.69) is 128 Å². The third-order valence-corrected chi connectivity index (χ3v) is 17.8. The van der Waals surface area contributed by atoms with Gasteiger partial charge in [0.25, 0.3) is 0 Å². The molecule has 4 aromatic heterocycles. The second kappa shape index (κ2) is 18.6. The van der Waals surface area contributed by atoms with Gasteiger partial charge in [-0.05, 0) is 114 Å². The molecule has 88 heavy (non-hydrogen) atoms. The highest BCUT2D eigenvalue weighted by Gasteiger charge is 2.41. The summed E-state index contributed by atoms with van der Waals surface area (Å²) in [5.74, 6) is 0. The molecule has 0 radical (unpaired) electrons. The van der Waals surface area contributed by atoms with Gasteiger partial charge < -0.3 is 8.80 Å². The van der Waals surface area contributed by atoms with Crippen LogP contribution in [0.4, 0.5) is 52.7 Å². The highest BCUT2D eigenvalue weighted by atomic mass is 19.4. The van der Waals surface area contributed by atoms with Gasteiger partial charge in [-0.1, -0.05) is 192 Å². The van der Waals surface area contributed by atoms with Gasteiger partial charge in [0.1, 0.15) is 0 Å². The minimum Gasteiger partial charge on any atom is -0.307 e. The van der Waals surface area contributed by atoms with Gasteiger partial charge in [0.15, 0.2) is 0 Å². The summed E-state index contributed by atoms with van der Waals surface area (Å²) < 4.78 is 181. The molecule has 0 aliphatic carbocycles. The third kappa shape index (κ3) is 9.15. The number of rotatable bonds is 4. The molecule has 0 aliphatic heterocycles. The number of fused-ring (bicyclic) bond motifs is 14. The Hall–Kier alpha value is -8.26. The molecule has 0 unspecified atom stereocenters. The van der Waals surface area contributed by atoms with E-state index in [1.165, 1.54) is 12.1 Å². The Morgan fingerprint density at radius 3 is 0.864 bits per heavy atom. The first-order chi connectivity index (χ1) is 40.7. The van der Waals surface area contributed by atoms with Crippen LogP contribution in [0.15, 0.2) is 146 Å². The monoisotopic (exact) mass is 1200 g/mol. The number of benzene rings is 9. The summed E-state index contributed by atoms with van der Waals surface area (Å²) in [6.45, 7) is 25.5. The summed E-state index contributed by atoms with van der Waals surface area (Å²) in [4.78, 5) is 0. The Balaban J connectivity index is 1.27. The molecule has 0 fully saturated rings. The van der Waals surface area contributed by atoms with Crippen molar-refractivity contribution in [3.05, 3.63) is 190 Å². The second-order valence-electron chi connectivity index (χ2n) is 27.8. The van der Waals surface area contributed by atoms with Crippen LogP contribution in [0, 0.1) is 0 Å². The zero-order valence-electron chi connectivity index (χ0n) is 50.3. The van der Waals surface area contributed by atoms with E-state index in [1.807, 2.05) is 36.4 Å². The van der Waals surface area contributed by atoms with E-state index in [9.17, 15) is 26.3 Å². The van der Waals surface area contributed by atoms with Gasteiger partial charge in [0, 0.05) is 54.2 Å². The summed E-state index contributed by atoms with van der Waals surface area (Å²) in [5.41, 5.74) is 3.12. The molecular formula is C74H60F12N2. The van der Waals surface area contributed by atoms with Gasteiger partial charge >= 0.3 is 24.7 Å². The number of hydrogen-bond acceptors (Lipinski definition) is 0. The minimum absolute atomic E-state index is 0.0193. The van der Waals surface area contributed by atoms with Crippen molar-refractivity contribution in [2.45, 2.75) is 129 Å². The Labute approximate surface area is 499 Å². The quantitative estimate of drug-likeness (QED) is 0.155. The van der Waals surface area contributed by atoms with Crippen molar-refractivity contribution in [1.82, 2.24) is 8.80 Å². The maximum atomic E-state index is 15.2. The lowest BCUT2D eigenvalue weighted by molar-refractivity contribution is -0.144. The topological polar surface area (TPSA) is 8.82 Å². The second-order valence-corrected chi connectivity index (χ2v) is 27.8. The lowest BCUT2D eigenvalue weighted by Crippen LogP contribution is -2.16. The van der Waals surface area contributed by atoms with Crippen LogP contribution in [-0.2, 0) is 46.4 Å². The summed E-state index contributed by atoms with van der Waals surface area (Å²) in [6, 6.07) is 37.8. The number of alkyl halides is 12. The van der Waals surface area contributed by atoms with Crippen molar-refractivity contribution in [2.24, 2.45) is 0 Å². The highest BCUT2D eigenvalue weighted by molar-refractivity contribution is 6.46. The van der Waals surface area contributed by atoms with Crippen molar-refractivity contribution in [3.63, 3.8) is 0 Å². The first kappa shape index (κ1) is 58.7. The average Bonchev–Trinajstić information content (AvgIpc) is 1.61. The van der Waals surface area contributed by atoms with E-state index in [0.29, 0.717) is 66.8 Å². The van der Waals surface area contributed by atoms with Crippen LogP contribution < -0.4 is 0 Å². The van der Waals surface area contributed by atoms with E-state index in [4.69, 9.17) is 0 Å². The summed E-state index contributed by atoms with van der Waals surface area (Å²) in [5, 5.41) is 5.53. The van der Waals surface area contributed by atoms with E-state index >= 15 is 26.3 Å². The predicted octanol–water partition coefficient (Wildman–Crippen LogP) is 23.9. The average molecular weight is 1210 g/mol. The fourth-order valence-corrected chi connectivity index (χ4v) is 13.3. The van der Waals surface area contributed by atoms with Crippen LogP contribution in [-0.4, -0.2) is 8.80 Å². The molecular weight excluding hydrogens is 1140 g/mol. The van der Waals surface area contributed by atoms with Gasteiger partial charge in [-0.25, -0.2) is 0 Å². The Morgan fingerprint density at radius 1 is 0.250 bits per heavy atom.